The summed E-state index contributed by atoms with van der Waals surface area (Å²) in [5.41, 5.74) is 0.405. The van der Waals surface area contributed by atoms with E-state index in [0.29, 0.717) is 27.8 Å². The number of hydrogen-bond acceptors (Lipinski definition) is 2. The number of rotatable bonds is 2. The van der Waals surface area contributed by atoms with Crippen molar-refractivity contribution >= 4 is 27.4 Å². The zero-order valence-electron chi connectivity index (χ0n) is 16.9. The standard InChI is InChI=1S/C26H18F3N3/c27-26(28,29)25(30-20-14-13-17-7-1-2-8-18(17)15-20)16-19-9-3-4-10-21(19)24-22-11-5-6-12-23(22)31-32(24)25/h1-15,30H,16H2. The first kappa shape index (κ1) is 18.9. The van der Waals surface area contributed by atoms with Crippen LogP contribution in [0, 0.1) is 0 Å². The van der Waals surface area contributed by atoms with Gasteiger partial charge in [0.2, 0.25) is 5.66 Å². The predicted octanol–water partition coefficient (Wildman–Crippen LogP) is 6.74. The molecule has 4 aromatic carbocycles. The molecule has 0 radical (unpaired) electrons. The molecule has 0 aliphatic carbocycles. The second-order valence-corrected chi connectivity index (χ2v) is 8.16. The van der Waals surface area contributed by atoms with E-state index in [2.05, 4.69) is 10.4 Å². The maximum absolute atomic E-state index is 15.0. The summed E-state index contributed by atoms with van der Waals surface area (Å²) in [4.78, 5) is 0. The Balaban J connectivity index is 1.62. The third-order valence-corrected chi connectivity index (χ3v) is 6.23. The fourth-order valence-electron chi connectivity index (χ4n) is 4.72. The van der Waals surface area contributed by atoms with Crippen LogP contribution >= 0.6 is 0 Å². The molecule has 6 heteroatoms. The first-order chi connectivity index (χ1) is 15.5. The molecule has 5 aromatic rings. The van der Waals surface area contributed by atoms with Crippen molar-refractivity contribution < 1.29 is 13.2 Å². The van der Waals surface area contributed by atoms with Gasteiger partial charge in [-0.2, -0.15) is 18.3 Å². The summed E-state index contributed by atoms with van der Waals surface area (Å²) >= 11 is 0. The molecule has 0 spiro atoms. The highest BCUT2D eigenvalue weighted by Gasteiger charge is 2.60. The summed E-state index contributed by atoms with van der Waals surface area (Å²) in [6.45, 7) is 0. The summed E-state index contributed by atoms with van der Waals surface area (Å²) in [7, 11) is 0. The highest BCUT2D eigenvalue weighted by Crippen LogP contribution is 2.49. The Labute approximate surface area is 182 Å². The molecule has 0 saturated heterocycles. The lowest BCUT2D eigenvalue weighted by atomic mass is 9.88. The number of fused-ring (bicyclic) bond motifs is 6. The van der Waals surface area contributed by atoms with Crippen molar-refractivity contribution in [3.05, 3.63) is 96.6 Å². The van der Waals surface area contributed by atoms with Gasteiger partial charge in [-0.3, -0.25) is 0 Å². The quantitative estimate of drug-likeness (QED) is 0.337. The summed E-state index contributed by atoms with van der Waals surface area (Å²) in [6, 6.07) is 27.4. The maximum atomic E-state index is 15.0. The van der Waals surface area contributed by atoms with Crippen molar-refractivity contribution in [2.75, 3.05) is 5.32 Å². The molecule has 0 amide bonds. The van der Waals surface area contributed by atoms with Gasteiger partial charge < -0.3 is 5.32 Å². The first-order valence-electron chi connectivity index (χ1n) is 10.4. The zero-order valence-corrected chi connectivity index (χ0v) is 16.9. The van der Waals surface area contributed by atoms with Crippen LogP contribution in [0.4, 0.5) is 18.9 Å². The van der Waals surface area contributed by atoms with Gasteiger partial charge in [0.25, 0.3) is 0 Å². The molecule has 1 unspecified atom stereocenters. The minimum Gasteiger partial charge on any atom is -0.354 e. The van der Waals surface area contributed by atoms with E-state index < -0.39 is 11.8 Å². The normalized spacial score (nSPS) is 17.8. The smallest absolute Gasteiger partial charge is 0.354 e. The second-order valence-electron chi connectivity index (χ2n) is 8.16. The maximum Gasteiger partial charge on any atom is 0.432 e. The van der Waals surface area contributed by atoms with E-state index in [1.165, 1.54) is 0 Å². The SMILES string of the molecule is FC(F)(F)C1(Nc2ccc3ccccc3c2)Cc2ccccc2-c2c3ccccc3nn21. The number of aromatic nitrogens is 2. The number of anilines is 1. The van der Waals surface area contributed by atoms with Crippen LogP contribution in [-0.4, -0.2) is 16.0 Å². The summed E-state index contributed by atoms with van der Waals surface area (Å²) in [6.07, 6.45) is -4.87. The van der Waals surface area contributed by atoms with Crippen LogP contribution in [0.2, 0.25) is 0 Å². The van der Waals surface area contributed by atoms with Crippen molar-refractivity contribution in [1.29, 1.82) is 0 Å². The van der Waals surface area contributed by atoms with Gasteiger partial charge in [0, 0.05) is 23.1 Å². The molecule has 2 heterocycles. The highest BCUT2D eigenvalue weighted by atomic mass is 19.4. The average molecular weight is 429 g/mol. The molecule has 0 saturated carbocycles. The van der Waals surface area contributed by atoms with E-state index in [1.807, 2.05) is 54.6 Å². The van der Waals surface area contributed by atoms with Crippen LogP contribution in [-0.2, 0) is 12.1 Å². The minimum absolute atomic E-state index is 0.263. The van der Waals surface area contributed by atoms with Crippen LogP contribution in [0.5, 0.6) is 0 Å². The number of nitrogens with zero attached hydrogens (tertiary/aromatic N) is 2. The van der Waals surface area contributed by atoms with E-state index in [9.17, 15) is 13.2 Å². The zero-order chi connectivity index (χ0) is 21.9. The fourth-order valence-corrected chi connectivity index (χ4v) is 4.72. The molecule has 32 heavy (non-hydrogen) atoms. The van der Waals surface area contributed by atoms with Crippen LogP contribution in [0.15, 0.2) is 91.0 Å². The summed E-state index contributed by atoms with van der Waals surface area (Å²) < 4.78 is 46.1. The molecule has 158 valence electrons. The van der Waals surface area contributed by atoms with Crippen molar-refractivity contribution in [1.82, 2.24) is 9.78 Å². The Morgan fingerprint density at radius 2 is 1.53 bits per heavy atom. The van der Waals surface area contributed by atoms with E-state index in [1.54, 1.807) is 36.4 Å². The third kappa shape index (κ3) is 2.65. The lowest BCUT2D eigenvalue weighted by molar-refractivity contribution is -0.208. The molecule has 1 N–H and O–H groups in total. The lowest BCUT2D eigenvalue weighted by Crippen LogP contribution is -2.57. The second kappa shape index (κ2) is 6.60. The fraction of sp³-hybridized carbons (Fsp3) is 0.115. The van der Waals surface area contributed by atoms with E-state index in [0.717, 1.165) is 21.0 Å². The van der Waals surface area contributed by atoms with Crippen molar-refractivity contribution in [2.45, 2.75) is 18.3 Å². The van der Waals surface area contributed by atoms with Gasteiger partial charge in [-0.1, -0.05) is 72.8 Å². The lowest BCUT2D eigenvalue weighted by Gasteiger charge is -2.41. The van der Waals surface area contributed by atoms with Crippen LogP contribution in [0.1, 0.15) is 5.56 Å². The van der Waals surface area contributed by atoms with Gasteiger partial charge in [0.1, 0.15) is 0 Å². The molecular weight excluding hydrogens is 411 g/mol. The number of halogens is 3. The monoisotopic (exact) mass is 429 g/mol. The van der Waals surface area contributed by atoms with Crippen LogP contribution in [0.25, 0.3) is 32.9 Å². The number of benzene rings is 4. The van der Waals surface area contributed by atoms with Gasteiger partial charge in [-0.15, -0.1) is 0 Å². The number of nitrogens with one attached hydrogen (secondary N) is 1. The van der Waals surface area contributed by atoms with Gasteiger partial charge in [-0.25, -0.2) is 4.68 Å². The topological polar surface area (TPSA) is 29.9 Å². The molecule has 1 aliphatic rings. The molecule has 1 aliphatic heterocycles. The Bertz CT molecular complexity index is 1490. The van der Waals surface area contributed by atoms with Gasteiger partial charge in [-0.05, 0) is 34.5 Å². The Hall–Kier alpha value is -3.80. The Morgan fingerprint density at radius 1 is 0.812 bits per heavy atom. The third-order valence-electron chi connectivity index (χ3n) is 6.23. The molecule has 1 atom stereocenters. The van der Waals surface area contributed by atoms with Gasteiger partial charge in [0.15, 0.2) is 0 Å². The van der Waals surface area contributed by atoms with Crippen molar-refractivity contribution in [2.24, 2.45) is 0 Å². The van der Waals surface area contributed by atoms with Gasteiger partial charge >= 0.3 is 6.18 Å². The Kier molecular flexibility index (Phi) is 3.90. The predicted molar refractivity (Wildman–Crippen MR) is 120 cm³/mol. The molecule has 6 rings (SSSR count). The molecule has 1 aromatic heterocycles. The van der Waals surface area contributed by atoms with E-state index in [4.69, 9.17) is 0 Å². The van der Waals surface area contributed by atoms with Crippen molar-refractivity contribution in [3.63, 3.8) is 0 Å². The Morgan fingerprint density at radius 3 is 2.38 bits per heavy atom. The van der Waals surface area contributed by atoms with E-state index >= 15 is 0 Å². The summed E-state index contributed by atoms with van der Waals surface area (Å²) in [5.74, 6) is 0. The van der Waals surface area contributed by atoms with Gasteiger partial charge in [0.05, 0.1) is 11.2 Å². The van der Waals surface area contributed by atoms with E-state index in [-0.39, 0.29) is 6.42 Å². The van der Waals surface area contributed by atoms with Crippen molar-refractivity contribution in [3.8, 4) is 11.3 Å². The average Bonchev–Trinajstić information content (AvgIpc) is 3.19. The highest BCUT2D eigenvalue weighted by molar-refractivity contribution is 5.95. The molecule has 0 fully saturated rings. The largest absolute Gasteiger partial charge is 0.432 e. The van der Waals surface area contributed by atoms with Crippen LogP contribution < -0.4 is 5.32 Å². The first-order valence-corrected chi connectivity index (χ1v) is 10.4. The minimum atomic E-state index is -4.61. The summed E-state index contributed by atoms with van der Waals surface area (Å²) in [5, 5.41) is 9.87. The molecule has 3 nitrogen and oxygen atoms in total. The number of alkyl halides is 3. The number of hydrogen-bond donors (Lipinski definition) is 1. The van der Waals surface area contributed by atoms with Crippen LogP contribution in [0.3, 0.4) is 0 Å². The molecular formula is C26H18F3N3. The molecule has 0 bridgehead atoms.